The van der Waals surface area contributed by atoms with Crippen LogP contribution in [0.2, 0.25) is 0 Å². The molecule has 0 saturated carbocycles. The number of carbonyl (C=O) groups excluding carboxylic acids is 4. The van der Waals surface area contributed by atoms with Gasteiger partial charge in [-0.3, -0.25) is 19.5 Å². The van der Waals surface area contributed by atoms with Crippen molar-refractivity contribution < 1.29 is 38.6 Å². The molecule has 1 unspecified atom stereocenters. The molecule has 2 aromatic rings. The van der Waals surface area contributed by atoms with Crippen LogP contribution >= 0.6 is 23.1 Å². The number of pyridine rings is 1. The summed E-state index contributed by atoms with van der Waals surface area (Å²) < 4.78 is 15.1. The average Bonchev–Trinajstić information content (AvgIpc) is 3.39. The van der Waals surface area contributed by atoms with Crippen LogP contribution in [0, 0.1) is 0 Å². The fraction of sp³-hybridized carbons (Fsp3) is 0.320. The monoisotopic (exact) mass is 602 g/mol. The number of carbonyl (C=O) groups is 4. The van der Waals surface area contributed by atoms with Crippen LogP contribution in [-0.4, -0.2) is 79.8 Å². The van der Waals surface area contributed by atoms with Crippen LogP contribution in [0.3, 0.4) is 0 Å². The minimum Gasteiger partial charge on any atom is -0.434 e. The van der Waals surface area contributed by atoms with Crippen LogP contribution in [0.25, 0.3) is 6.08 Å². The van der Waals surface area contributed by atoms with E-state index in [-0.39, 0.29) is 28.9 Å². The first kappa shape index (κ1) is 29.5. The predicted octanol–water partition coefficient (Wildman–Crippen LogP) is 2.12. The topological polar surface area (TPSA) is 196 Å². The molecule has 41 heavy (non-hydrogen) atoms. The van der Waals surface area contributed by atoms with Gasteiger partial charge in [-0.25, -0.2) is 14.6 Å². The second kappa shape index (κ2) is 13.3. The maximum Gasteiger partial charge on any atom is 0.511 e. The summed E-state index contributed by atoms with van der Waals surface area (Å²) in [6.07, 6.45) is 4.92. The first-order valence-electron chi connectivity index (χ1n) is 12.3. The molecule has 2 aliphatic rings. The lowest BCUT2D eigenvalue weighted by molar-refractivity contribution is -0.169. The Balaban J connectivity index is 1.54. The molecule has 3 atom stereocenters. The summed E-state index contributed by atoms with van der Waals surface area (Å²) in [4.78, 5) is 60.4. The van der Waals surface area contributed by atoms with E-state index in [1.165, 1.54) is 29.0 Å². The van der Waals surface area contributed by atoms with Gasteiger partial charge in [-0.15, -0.1) is 23.1 Å². The number of nitrogen functional groups attached to an aromatic ring is 1. The van der Waals surface area contributed by atoms with Crippen molar-refractivity contribution in [3.8, 4) is 0 Å². The molecule has 216 valence electrons. The lowest BCUT2D eigenvalue weighted by Gasteiger charge is -2.49. The van der Waals surface area contributed by atoms with E-state index in [0.717, 1.165) is 16.9 Å². The number of rotatable bonds is 10. The molecule has 0 radical (unpaired) electrons. The van der Waals surface area contributed by atoms with Crippen molar-refractivity contribution in [3.63, 3.8) is 0 Å². The summed E-state index contributed by atoms with van der Waals surface area (Å²) in [5, 5.41) is 15.9. The van der Waals surface area contributed by atoms with Crippen molar-refractivity contribution in [3.05, 3.63) is 58.5 Å². The Bertz CT molecular complexity index is 1410. The Kier molecular flexibility index (Phi) is 9.57. The molecule has 0 aliphatic carbocycles. The minimum atomic E-state index is -1.31. The van der Waals surface area contributed by atoms with Crippen LogP contribution < -0.4 is 11.1 Å². The molecular weight excluding hydrogens is 576 g/mol. The van der Waals surface area contributed by atoms with E-state index in [1.54, 1.807) is 30.6 Å². The van der Waals surface area contributed by atoms with Gasteiger partial charge >= 0.3 is 12.1 Å². The highest BCUT2D eigenvalue weighted by Crippen LogP contribution is 2.41. The fourth-order valence-corrected chi connectivity index (χ4v) is 5.70. The Morgan fingerprint density at radius 1 is 1.34 bits per heavy atom. The van der Waals surface area contributed by atoms with E-state index >= 15 is 0 Å². The summed E-state index contributed by atoms with van der Waals surface area (Å²) in [6, 6.07) is 2.53. The number of fused-ring (bicyclic) bond motifs is 1. The predicted molar refractivity (Wildman–Crippen MR) is 148 cm³/mol. The van der Waals surface area contributed by atoms with Gasteiger partial charge in [-0.1, -0.05) is 30.3 Å². The third-order valence-electron chi connectivity index (χ3n) is 5.68. The number of hydrogen-bond acceptors (Lipinski definition) is 14. The van der Waals surface area contributed by atoms with Gasteiger partial charge in [-0.2, -0.15) is 0 Å². The van der Waals surface area contributed by atoms with Gasteiger partial charge in [-0.05, 0) is 23.6 Å². The molecule has 0 spiro atoms. The van der Waals surface area contributed by atoms with Gasteiger partial charge in [0.25, 0.3) is 11.8 Å². The highest BCUT2D eigenvalue weighted by molar-refractivity contribution is 8.00. The number of ether oxygens (including phenoxy) is 3. The normalized spacial score (nSPS) is 19.3. The first-order chi connectivity index (χ1) is 19.7. The number of amides is 2. The van der Waals surface area contributed by atoms with Gasteiger partial charge in [0.2, 0.25) is 6.29 Å². The molecule has 2 aromatic heterocycles. The second-order valence-electron chi connectivity index (χ2n) is 8.56. The zero-order valence-corrected chi connectivity index (χ0v) is 23.5. The Morgan fingerprint density at radius 3 is 2.80 bits per heavy atom. The molecule has 4 N–H and O–H groups in total. The highest BCUT2D eigenvalue weighted by Gasteiger charge is 2.54. The zero-order chi connectivity index (χ0) is 29.5. The van der Waals surface area contributed by atoms with E-state index in [0.29, 0.717) is 12.0 Å². The fourth-order valence-electron chi connectivity index (χ4n) is 3.84. The SMILES string of the molecule is CCCOC(=O)OC(C)OC(=O)C1=C(/C=C\c2cccnc2)CS[C@H]2[C@H](NC(=O)C(=NO)c3csc(N)n3)C(=O)N12. The Hall–Kier alpha value is -4.44. The number of oxime groups is 1. The highest BCUT2D eigenvalue weighted by atomic mass is 32.2. The molecule has 2 aliphatic heterocycles. The van der Waals surface area contributed by atoms with Crippen LogP contribution in [0.15, 0.2) is 52.4 Å². The van der Waals surface area contributed by atoms with Crippen molar-refractivity contribution in [2.45, 2.75) is 38.0 Å². The summed E-state index contributed by atoms with van der Waals surface area (Å²) in [6.45, 7) is 3.29. The average molecular weight is 603 g/mol. The molecule has 1 fully saturated rings. The third kappa shape index (κ3) is 6.83. The molecule has 16 heteroatoms. The molecule has 1 saturated heterocycles. The number of hydrogen-bond donors (Lipinski definition) is 3. The Morgan fingerprint density at radius 2 is 2.15 bits per heavy atom. The maximum atomic E-state index is 13.3. The number of β-lactam (4-membered cyclic amide) rings is 1. The summed E-state index contributed by atoms with van der Waals surface area (Å²) in [5.74, 6) is -2.08. The van der Waals surface area contributed by atoms with Crippen molar-refractivity contribution in [1.29, 1.82) is 0 Å². The number of thiazole rings is 1. The van der Waals surface area contributed by atoms with Crippen molar-refractivity contribution in [2.75, 3.05) is 18.1 Å². The van der Waals surface area contributed by atoms with Crippen LogP contribution in [-0.2, 0) is 28.6 Å². The lowest BCUT2D eigenvalue weighted by atomic mass is 10.0. The Labute approximate surface area is 242 Å². The third-order valence-corrected chi connectivity index (χ3v) is 7.65. The number of thioether (sulfide) groups is 1. The number of aromatic nitrogens is 2. The van der Waals surface area contributed by atoms with Crippen LogP contribution in [0.5, 0.6) is 0 Å². The molecule has 0 bridgehead atoms. The van der Waals surface area contributed by atoms with Crippen LogP contribution in [0.4, 0.5) is 9.93 Å². The lowest BCUT2D eigenvalue weighted by Crippen LogP contribution is -2.71. The van der Waals surface area contributed by atoms with E-state index in [4.69, 9.17) is 19.9 Å². The van der Waals surface area contributed by atoms with Crippen molar-refractivity contribution in [2.24, 2.45) is 5.16 Å². The molecule has 14 nitrogen and oxygen atoms in total. The van der Waals surface area contributed by atoms with Gasteiger partial charge in [0.1, 0.15) is 22.8 Å². The van der Waals surface area contributed by atoms with Crippen molar-refractivity contribution >= 4 is 64.0 Å². The number of esters is 1. The number of nitrogens with one attached hydrogen (secondary N) is 1. The first-order valence-corrected chi connectivity index (χ1v) is 14.2. The summed E-state index contributed by atoms with van der Waals surface area (Å²) >= 11 is 2.36. The standard InChI is InChI=1S/C25H26N6O8S2/c1-3-9-37-25(35)39-13(2)38-23(34)19-15(7-6-14-5-4-8-27-10-14)11-40-22-18(21(33)31(19)22)29-20(32)17(30-36)16-12-41-24(26)28-16/h4-8,10,12-13,18,22,36H,3,9,11H2,1-2H3,(H2,26,28)(H,29,32)/b7-6-,30-17?/t13?,18-,22+/m1/s1. The van der Waals surface area contributed by atoms with Gasteiger partial charge in [0, 0.05) is 30.5 Å². The van der Waals surface area contributed by atoms with Crippen molar-refractivity contribution in [1.82, 2.24) is 20.2 Å². The minimum absolute atomic E-state index is 0.0471. The zero-order valence-electron chi connectivity index (χ0n) is 21.9. The quantitative estimate of drug-likeness (QED) is 0.0896. The number of nitrogens with two attached hydrogens (primary N) is 1. The van der Waals surface area contributed by atoms with E-state index in [9.17, 15) is 24.4 Å². The molecule has 4 rings (SSSR count). The molecular formula is C25H26N6O8S2. The van der Waals surface area contributed by atoms with Gasteiger partial charge < -0.3 is 30.5 Å². The second-order valence-corrected chi connectivity index (χ2v) is 10.6. The smallest absolute Gasteiger partial charge is 0.434 e. The van der Waals surface area contributed by atoms with Gasteiger partial charge in [0.05, 0.1) is 6.61 Å². The largest absolute Gasteiger partial charge is 0.511 e. The molecule has 0 aromatic carbocycles. The van der Waals surface area contributed by atoms with E-state index in [2.05, 4.69) is 20.4 Å². The molecule has 2 amide bonds. The van der Waals surface area contributed by atoms with Crippen LogP contribution in [0.1, 0.15) is 31.5 Å². The number of anilines is 1. The van der Waals surface area contributed by atoms with E-state index in [1.807, 2.05) is 13.0 Å². The number of allylic oxidation sites excluding steroid dienone is 1. The van der Waals surface area contributed by atoms with E-state index < -0.39 is 47.4 Å². The summed E-state index contributed by atoms with van der Waals surface area (Å²) in [7, 11) is 0. The number of nitrogens with zero attached hydrogens (tertiary/aromatic N) is 4. The van der Waals surface area contributed by atoms with Gasteiger partial charge in [0.15, 0.2) is 10.8 Å². The maximum absolute atomic E-state index is 13.3. The molecule has 4 heterocycles. The summed E-state index contributed by atoms with van der Waals surface area (Å²) in [5.41, 5.74) is 6.39.